The molecule has 6 nitrogen and oxygen atoms in total. The van der Waals surface area contributed by atoms with Gasteiger partial charge >= 0.3 is 0 Å². The highest BCUT2D eigenvalue weighted by atomic mass is 32.2. The number of amides is 1. The Labute approximate surface area is 118 Å². The van der Waals surface area contributed by atoms with Gasteiger partial charge in [0.05, 0.1) is 4.90 Å². The Hall–Kier alpha value is -1.44. The number of sulfonamides is 1. The Morgan fingerprint density at radius 2 is 2.10 bits per heavy atom. The lowest BCUT2D eigenvalue weighted by molar-refractivity contribution is 0.0999. The van der Waals surface area contributed by atoms with E-state index in [1.807, 2.05) is 0 Å². The summed E-state index contributed by atoms with van der Waals surface area (Å²) in [6.07, 6.45) is 1.98. The van der Waals surface area contributed by atoms with E-state index in [1.54, 1.807) is 13.0 Å². The fraction of sp³-hybridized carbons (Fsp3) is 0.462. The number of nitrogens with two attached hydrogens (primary N) is 2. The molecule has 1 fully saturated rings. The molecule has 1 aliphatic carbocycles. The number of benzene rings is 1. The molecular weight excluding hydrogens is 278 g/mol. The molecule has 5 N–H and O–H groups in total. The van der Waals surface area contributed by atoms with Gasteiger partial charge in [0.1, 0.15) is 0 Å². The summed E-state index contributed by atoms with van der Waals surface area (Å²) in [5.74, 6) is -0.326. The van der Waals surface area contributed by atoms with Gasteiger partial charge in [0, 0.05) is 18.2 Å². The second-order valence-electron chi connectivity index (χ2n) is 5.14. The first-order chi connectivity index (χ1) is 9.35. The van der Waals surface area contributed by atoms with Crippen molar-refractivity contribution < 1.29 is 13.2 Å². The normalized spacial score (nSPS) is 16.9. The fourth-order valence-electron chi connectivity index (χ4n) is 2.14. The molecule has 1 unspecified atom stereocenters. The molecule has 0 radical (unpaired) electrons. The van der Waals surface area contributed by atoms with Crippen molar-refractivity contribution in [3.8, 4) is 0 Å². The van der Waals surface area contributed by atoms with Crippen LogP contribution in [0.15, 0.2) is 23.1 Å². The average Bonchev–Trinajstić information content (AvgIpc) is 3.20. The summed E-state index contributed by atoms with van der Waals surface area (Å²) in [6, 6.07) is 4.09. The van der Waals surface area contributed by atoms with Gasteiger partial charge in [0.2, 0.25) is 15.9 Å². The molecule has 0 aromatic heterocycles. The number of hydrogen-bond acceptors (Lipinski definition) is 4. The maximum atomic E-state index is 12.3. The van der Waals surface area contributed by atoms with Crippen LogP contribution in [0.4, 0.5) is 0 Å². The zero-order valence-electron chi connectivity index (χ0n) is 11.3. The Morgan fingerprint density at radius 3 is 2.60 bits per heavy atom. The van der Waals surface area contributed by atoms with Crippen LogP contribution in [0.5, 0.6) is 0 Å². The van der Waals surface area contributed by atoms with Gasteiger partial charge in [-0.25, -0.2) is 13.1 Å². The van der Waals surface area contributed by atoms with Gasteiger partial charge in [0.25, 0.3) is 0 Å². The summed E-state index contributed by atoms with van der Waals surface area (Å²) in [5, 5.41) is 0. The van der Waals surface area contributed by atoms with Gasteiger partial charge in [-0.05, 0) is 43.4 Å². The van der Waals surface area contributed by atoms with Crippen molar-refractivity contribution >= 4 is 15.9 Å². The van der Waals surface area contributed by atoms with Crippen molar-refractivity contribution in [1.29, 1.82) is 0 Å². The zero-order chi connectivity index (χ0) is 14.9. The minimum Gasteiger partial charge on any atom is -0.366 e. The molecule has 0 bridgehead atoms. The predicted octanol–water partition coefficient (Wildman–Crippen LogP) is 0.110. The smallest absolute Gasteiger partial charge is 0.249 e. The van der Waals surface area contributed by atoms with Crippen molar-refractivity contribution in [1.82, 2.24) is 4.72 Å². The lowest BCUT2D eigenvalue weighted by Crippen LogP contribution is -2.41. The Bertz CT molecular complexity index is 624. The van der Waals surface area contributed by atoms with Crippen LogP contribution >= 0.6 is 0 Å². The summed E-state index contributed by atoms with van der Waals surface area (Å²) in [6.45, 7) is 1.97. The monoisotopic (exact) mass is 297 g/mol. The van der Waals surface area contributed by atoms with Crippen LogP contribution in [-0.2, 0) is 10.0 Å². The molecule has 0 heterocycles. The maximum Gasteiger partial charge on any atom is 0.249 e. The molecular formula is C13H19N3O3S. The molecule has 0 aliphatic heterocycles. The van der Waals surface area contributed by atoms with Gasteiger partial charge < -0.3 is 11.5 Å². The third kappa shape index (κ3) is 3.17. The van der Waals surface area contributed by atoms with Crippen molar-refractivity contribution in [2.45, 2.75) is 30.7 Å². The summed E-state index contributed by atoms with van der Waals surface area (Å²) in [7, 11) is -3.69. The van der Waals surface area contributed by atoms with E-state index >= 15 is 0 Å². The number of rotatable bonds is 6. The number of carbonyl (C=O) groups excluding carboxylic acids is 1. The predicted molar refractivity (Wildman–Crippen MR) is 75.6 cm³/mol. The van der Waals surface area contributed by atoms with Gasteiger partial charge in [0.15, 0.2) is 0 Å². The highest BCUT2D eigenvalue weighted by Crippen LogP contribution is 2.33. The Morgan fingerprint density at radius 1 is 1.45 bits per heavy atom. The van der Waals surface area contributed by atoms with Crippen LogP contribution in [0.2, 0.25) is 0 Å². The molecule has 0 saturated heterocycles. The molecule has 1 aromatic carbocycles. The quantitative estimate of drug-likeness (QED) is 0.691. The Balaban J connectivity index is 2.29. The van der Waals surface area contributed by atoms with Crippen LogP contribution in [0, 0.1) is 12.8 Å². The minimum atomic E-state index is -3.69. The first-order valence-electron chi connectivity index (χ1n) is 6.48. The van der Waals surface area contributed by atoms with Gasteiger partial charge in [-0.3, -0.25) is 4.79 Å². The van der Waals surface area contributed by atoms with Crippen molar-refractivity contribution in [3.63, 3.8) is 0 Å². The van der Waals surface area contributed by atoms with E-state index < -0.39 is 15.9 Å². The molecule has 1 aliphatic rings. The topological polar surface area (TPSA) is 115 Å². The molecule has 20 heavy (non-hydrogen) atoms. The highest BCUT2D eigenvalue weighted by molar-refractivity contribution is 7.89. The van der Waals surface area contributed by atoms with Crippen molar-refractivity contribution in [2.75, 3.05) is 6.54 Å². The second-order valence-corrected chi connectivity index (χ2v) is 6.86. The van der Waals surface area contributed by atoms with E-state index in [4.69, 9.17) is 11.5 Å². The van der Waals surface area contributed by atoms with Crippen LogP contribution in [-0.4, -0.2) is 26.9 Å². The van der Waals surface area contributed by atoms with E-state index in [1.165, 1.54) is 12.1 Å². The lowest BCUT2D eigenvalue weighted by Gasteiger charge is -2.16. The number of primary amides is 1. The van der Waals surface area contributed by atoms with E-state index in [2.05, 4.69) is 4.72 Å². The number of nitrogens with one attached hydrogen (secondary N) is 1. The number of aryl methyl sites for hydroxylation is 1. The van der Waals surface area contributed by atoms with Crippen LogP contribution in [0.25, 0.3) is 0 Å². The van der Waals surface area contributed by atoms with E-state index in [0.717, 1.165) is 12.8 Å². The third-order valence-corrected chi connectivity index (χ3v) is 5.02. The average molecular weight is 297 g/mol. The second kappa shape index (κ2) is 5.51. The first kappa shape index (κ1) is 15.0. The SMILES string of the molecule is Cc1ccc(S(=O)(=O)NC(CN)C2CC2)cc1C(N)=O. The Kier molecular flexibility index (Phi) is 4.12. The van der Waals surface area contributed by atoms with E-state index in [0.29, 0.717) is 11.5 Å². The van der Waals surface area contributed by atoms with Gasteiger partial charge in [-0.2, -0.15) is 0 Å². The molecule has 1 aromatic rings. The molecule has 110 valence electrons. The number of hydrogen-bond donors (Lipinski definition) is 3. The van der Waals surface area contributed by atoms with Gasteiger partial charge in [-0.15, -0.1) is 0 Å². The van der Waals surface area contributed by atoms with Gasteiger partial charge in [-0.1, -0.05) is 6.07 Å². The lowest BCUT2D eigenvalue weighted by atomic mass is 10.1. The van der Waals surface area contributed by atoms with Crippen molar-refractivity contribution in [3.05, 3.63) is 29.3 Å². The molecule has 1 amide bonds. The van der Waals surface area contributed by atoms with E-state index in [-0.39, 0.29) is 23.0 Å². The molecule has 0 spiro atoms. The molecule has 2 rings (SSSR count). The fourth-order valence-corrected chi connectivity index (χ4v) is 3.48. The van der Waals surface area contributed by atoms with Crippen LogP contribution in [0.3, 0.4) is 0 Å². The summed E-state index contributed by atoms with van der Waals surface area (Å²) < 4.78 is 27.2. The van der Waals surface area contributed by atoms with Crippen molar-refractivity contribution in [2.24, 2.45) is 17.4 Å². The minimum absolute atomic E-state index is 0.0380. The highest BCUT2D eigenvalue weighted by Gasteiger charge is 2.33. The summed E-state index contributed by atoms with van der Waals surface area (Å²) >= 11 is 0. The van der Waals surface area contributed by atoms with E-state index in [9.17, 15) is 13.2 Å². The summed E-state index contributed by atoms with van der Waals surface area (Å²) in [4.78, 5) is 11.3. The maximum absolute atomic E-state index is 12.3. The standard InChI is InChI=1S/C13H19N3O3S/c1-8-2-5-10(6-11(8)13(15)17)20(18,19)16-12(7-14)9-3-4-9/h2,5-6,9,12,16H,3-4,7,14H2,1H3,(H2,15,17). The van der Waals surface area contributed by atoms with Crippen LogP contribution < -0.4 is 16.2 Å². The zero-order valence-corrected chi connectivity index (χ0v) is 12.1. The molecule has 7 heteroatoms. The number of carbonyl (C=O) groups is 1. The third-order valence-electron chi connectivity index (χ3n) is 3.54. The molecule has 1 atom stereocenters. The molecule has 1 saturated carbocycles. The first-order valence-corrected chi connectivity index (χ1v) is 7.96. The van der Waals surface area contributed by atoms with Crippen LogP contribution in [0.1, 0.15) is 28.8 Å². The summed E-state index contributed by atoms with van der Waals surface area (Å²) in [5.41, 5.74) is 11.7. The largest absolute Gasteiger partial charge is 0.366 e.